The first kappa shape index (κ1) is 15.6. The van der Waals surface area contributed by atoms with Crippen LogP contribution in [0.4, 0.5) is 10.1 Å². The lowest BCUT2D eigenvalue weighted by Gasteiger charge is -2.03. The molecule has 5 heteroatoms. The van der Waals surface area contributed by atoms with Crippen molar-refractivity contribution in [2.24, 2.45) is 0 Å². The van der Waals surface area contributed by atoms with Crippen LogP contribution in [0.15, 0.2) is 53.4 Å². The van der Waals surface area contributed by atoms with E-state index in [9.17, 15) is 9.18 Å². The van der Waals surface area contributed by atoms with Gasteiger partial charge in [-0.15, -0.1) is 11.8 Å². The molecule has 0 aliphatic carbocycles. The van der Waals surface area contributed by atoms with Gasteiger partial charge in [0.2, 0.25) is 5.91 Å². The number of hydrogen-bond donors (Lipinski definition) is 1. The highest BCUT2D eigenvalue weighted by molar-refractivity contribution is 7.98. The van der Waals surface area contributed by atoms with Gasteiger partial charge in [-0.05, 0) is 48.2 Å². The molecular formula is C16H13ClFNOS. The molecule has 0 saturated carbocycles. The number of hydrogen-bond acceptors (Lipinski definition) is 2. The molecule has 0 atom stereocenters. The van der Waals surface area contributed by atoms with Gasteiger partial charge in [0.15, 0.2) is 0 Å². The van der Waals surface area contributed by atoms with Crippen molar-refractivity contribution in [3.63, 3.8) is 0 Å². The van der Waals surface area contributed by atoms with Gasteiger partial charge in [-0.25, -0.2) is 4.39 Å². The highest BCUT2D eigenvalue weighted by Crippen LogP contribution is 2.19. The van der Waals surface area contributed by atoms with Crippen LogP contribution in [0.2, 0.25) is 5.02 Å². The Morgan fingerprint density at radius 3 is 2.57 bits per heavy atom. The summed E-state index contributed by atoms with van der Waals surface area (Å²) in [6, 6.07) is 11.9. The van der Waals surface area contributed by atoms with E-state index >= 15 is 0 Å². The van der Waals surface area contributed by atoms with Crippen LogP contribution in [0.25, 0.3) is 6.08 Å². The lowest BCUT2D eigenvalue weighted by Crippen LogP contribution is -2.07. The van der Waals surface area contributed by atoms with Gasteiger partial charge in [0.05, 0.1) is 5.02 Å². The van der Waals surface area contributed by atoms with Crippen molar-refractivity contribution < 1.29 is 9.18 Å². The van der Waals surface area contributed by atoms with Crippen LogP contribution in [0.5, 0.6) is 0 Å². The Morgan fingerprint density at radius 2 is 1.95 bits per heavy atom. The van der Waals surface area contributed by atoms with Crippen molar-refractivity contribution in [1.82, 2.24) is 0 Å². The van der Waals surface area contributed by atoms with E-state index in [0.29, 0.717) is 5.69 Å². The molecule has 0 aliphatic heterocycles. The Kier molecular flexibility index (Phi) is 5.42. The van der Waals surface area contributed by atoms with Gasteiger partial charge < -0.3 is 5.32 Å². The first-order valence-corrected chi connectivity index (χ1v) is 7.77. The van der Waals surface area contributed by atoms with Crippen LogP contribution < -0.4 is 5.32 Å². The maximum absolute atomic E-state index is 13.0. The van der Waals surface area contributed by atoms with Crippen LogP contribution in [-0.4, -0.2) is 12.2 Å². The molecule has 2 aromatic rings. The average molecular weight is 322 g/mol. The summed E-state index contributed by atoms with van der Waals surface area (Å²) in [4.78, 5) is 12.9. The second-order valence-corrected chi connectivity index (χ2v) is 5.51. The van der Waals surface area contributed by atoms with Crippen molar-refractivity contribution in [1.29, 1.82) is 0 Å². The molecule has 0 spiro atoms. The minimum absolute atomic E-state index is 0.0237. The van der Waals surface area contributed by atoms with E-state index in [1.54, 1.807) is 17.8 Å². The van der Waals surface area contributed by atoms with Gasteiger partial charge in [-0.1, -0.05) is 23.7 Å². The molecule has 1 amide bonds. The Bertz CT molecular complexity index is 670. The standard InChI is InChI=1S/C16H13ClFNOS/c1-21-13-6-2-11(3-7-13)4-9-16(20)19-12-5-8-15(18)14(17)10-12/h2-10H,1H3,(H,19,20)/b9-4+. The maximum Gasteiger partial charge on any atom is 0.248 e. The number of carbonyl (C=O) groups excluding carboxylic acids is 1. The predicted molar refractivity (Wildman–Crippen MR) is 87.3 cm³/mol. The molecule has 0 aromatic heterocycles. The molecule has 2 aromatic carbocycles. The van der Waals surface area contributed by atoms with Gasteiger partial charge in [-0.2, -0.15) is 0 Å². The third-order valence-corrected chi connectivity index (χ3v) is 3.76. The minimum atomic E-state index is -0.515. The Labute approximate surface area is 132 Å². The molecule has 0 fully saturated rings. The first-order chi connectivity index (χ1) is 10.1. The number of anilines is 1. The SMILES string of the molecule is CSc1ccc(/C=C/C(=O)Nc2ccc(F)c(Cl)c2)cc1. The van der Waals surface area contributed by atoms with Crippen LogP contribution >= 0.6 is 23.4 Å². The molecule has 21 heavy (non-hydrogen) atoms. The molecule has 1 N–H and O–H groups in total. The lowest BCUT2D eigenvalue weighted by atomic mass is 10.2. The highest BCUT2D eigenvalue weighted by atomic mass is 35.5. The molecule has 0 radical (unpaired) electrons. The molecule has 2 rings (SSSR count). The summed E-state index contributed by atoms with van der Waals surface area (Å²) in [5.74, 6) is -0.814. The second kappa shape index (κ2) is 7.29. The number of carbonyl (C=O) groups is 1. The third-order valence-electron chi connectivity index (χ3n) is 2.73. The summed E-state index contributed by atoms with van der Waals surface area (Å²) >= 11 is 7.31. The zero-order valence-corrected chi connectivity index (χ0v) is 12.8. The highest BCUT2D eigenvalue weighted by Gasteiger charge is 2.02. The predicted octanol–water partition coefficient (Wildman–Crippen LogP) is 4.85. The number of rotatable bonds is 4. The van der Waals surface area contributed by atoms with Crippen molar-refractivity contribution in [2.45, 2.75) is 4.90 Å². The molecule has 0 aliphatic rings. The molecule has 0 bridgehead atoms. The molecule has 2 nitrogen and oxygen atoms in total. The van der Waals surface area contributed by atoms with Gasteiger partial charge in [-0.3, -0.25) is 4.79 Å². The zero-order chi connectivity index (χ0) is 15.2. The van der Waals surface area contributed by atoms with E-state index in [1.807, 2.05) is 30.5 Å². The van der Waals surface area contributed by atoms with E-state index < -0.39 is 5.82 Å². The Morgan fingerprint density at radius 1 is 1.24 bits per heavy atom. The van der Waals surface area contributed by atoms with E-state index in [-0.39, 0.29) is 10.9 Å². The first-order valence-electron chi connectivity index (χ1n) is 6.16. The summed E-state index contributed by atoms with van der Waals surface area (Å²) in [6.07, 6.45) is 5.14. The lowest BCUT2D eigenvalue weighted by molar-refractivity contribution is -0.111. The van der Waals surface area contributed by atoms with Crippen molar-refractivity contribution in [3.05, 3.63) is 64.9 Å². The smallest absolute Gasteiger partial charge is 0.248 e. The van der Waals surface area contributed by atoms with Crippen molar-refractivity contribution in [3.8, 4) is 0 Å². The Balaban J connectivity index is 1.99. The second-order valence-electron chi connectivity index (χ2n) is 4.22. The fourth-order valence-electron chi connectivity index (χ4n) is 1.64. The topological polar surface area (TPSA) is 29.1 Å². The fourth-order valence-corrected chi connectivity index (χ4v) is 2.23. The molecule has 0 unspecified atom stereocenters. The van der Waals surface area contributed by atoms with E-state index in [4.69, 9.17) is 11.6 Å². The normalized spacial score (nSPS) is 10.8. The number of benzene rings is 2. The van der Waals surface area contributed by atoms with Crippen LogP contribution in [0.3, 0.4) is 0 Å². The van der Waals surface area contributed by atoms with Gasteiger partial charge in [0.1, 0.15) is 5.82 Å². The number of amides is 1. The van der Waals surface area contributed by atoms with Gasteiger partial charge >= 0.3 is 0 Å². The summed E-state index contributed by atoms with van der Waals surface area (Å²) in [6.45, 7) is 0. The number of nitrogens with one attached hydrogen (secondary N) is 1. The van der Waals surface area contributed by atoms with Crippen LogP contribution in [0, 0.1) is 5.82 Å². The largest absolute Gasteiger partial charge is 0.322 e. The van der Waals surface area contributed by atoms with Crippen molar-refractivity contribution in [2.75, 3.05) is 11.6 Å². The zero-order valence-electron chi connectivity index (χ0n) is 11.3. The molecule has 0 heterocycles. The number of thioether (sulfide) groups is 1. The quantitative estimate of drug-likeness (QED) is 0.644. The van der Waals surface area contributed by atoms with Crippen LogP contribution in [0.1, 0.15) is 5.56 Å². The van der Waals surface area contributed by atoms with Gasteiger partial charge in [0.25, 0.3) is 0 Å². The average Bonchev–Trinajstić information content (AvgIpc) is 2.49. The summed E-state index contributed by atoms with van der Waals surface area (Å²) in [7, 11) is 0. The monoisotopic (exact) mass is 321 g/mol. The van der Waals surface area contributed by atoms with Crippen LogP contribution in [-0.2, 0) is 4.79 Å². The maximum atomic E-state index is 13.0. The summed E-state index contributed by atoms with van der Waals surface area (Å²) in [5.41, 5.74) is 1.38. The minimum Gasteiger partial charge on any atom is -0.322 e. The Hall–Kier alpha value is -1.78. The molecule has 108 valence electrons. The van der Waals surface area contributed by atoms with E-state index in [1.165, 1.54) is 24.3 Å². The third kappa shape index (κ3) is 4.62. The summed E-state index contributed by atoms with van der Waals surface area (Å²) < 4.78 is 13.0. The molecule has 0 saturated heterocycles. The number of halogens is 2. The van der Waals surface area contributed by atoms with Gasteiger partial charge in [0, 0.05) is 16.7 Å². The summed E-state index contributed by atoms with van der Waals surface area (Å²) in [5, 5.41) is 2.60. The van der Waals surface area contributed by atoms with E-state index in [0.717, 1.165) is 10.5 Å². The fraction of sp³-hybridized carbons (Fsp3) is 0.0625. The molecular weight excluding hydrogens is 309 g/mol. The van der Waals surface area contributed by atoms with E-state index in [2.05, 4.69) is 5.32 Å². The van der Waals surface area contributed by atoms with Crippen molar-refractivity contribution >= 4 is 41.0 Å².